The molecule has 80 valence electrons. The van der Waals surface area contributed by atoms with Gasteiger partial charge < -0.3 is 5.73 Å². The summed E-state index contributed by atoms with van der Waals surface area (Å²) >= 11 is 1.75. The zero-order valence-electron chi connectivity index (χ0n) is 8.99. The maximum Gasteiger partial charge on any atom is 0.120 e. The lowest BCUT2D eigenvalue weighted by atomic mass is 10.1. The van der Waals surface area contributed by atoms with Crippen molar-refractivity contribution in [2.24, 2.45) is 5.73 Å². The van der Waals surface area contributed by atoms with Crippen molar-refractivity contribution in [2.75, 3.05) is 6.54 Å². The summed E-state index contributed by atoms with van der Waals surface area (Å²) in [6.45, 7) is 5.14. The van der Waals surface area contributed by atoms with Gasteiger partial charge in [-0.15, -0.1) is 21.5 Å². The number of nitrogens with two attached hydrogens (primary N) is 1. The van der Waals surface area contributed by atoms with Crippen molar-refractivity contribution in [2.45, 2.75) is 45.4 Å². The maximum atomic E-state index is 5.45. The number of rotatable bonds is 6. The van der Waals surface area contributed by atoms with Gasteiger partial charge in [-0.3, -0.25) is 0 Å². The molecule has 0 aliphatic heterocycles. The lowest BCUT2D eigenvalue weighted by molar-refractivity contribution is 0.629. The van der Waals surface area contributed by atoms with Crippen LogP contribution in [0.25, 0.3) is 0 Å². The summed E-state index contributed by atoms with van der Waals surface area (Å²) in [5.41, 5.74) is 5.45. The first-order valence-electron chi connectivity index (χ1n) is 5.34. The molecular formula is C10H19N3S. The van der Waals surface area contributed by atoms with Crippen LogP contribution in [0.15, 0.2) is 0 Å². The van der Waals surface area contributed by atoms with Gasteiger partial charge in [-0.25, -0.2) is 0 Å². The molecular weight excluding hydrogens is 194 g/mol. The Labute approximate surface area is 89.7 Å². The third-order valence-corrected chi connectivity index (χ3v) is 3.56. The van der Waals surface area contributed by atoms with E-state index in [-0.39, 0.29) is 0 Å². The minimum absolute atomic E-state index is 0.596. The summed E-state index contributed by atoms with van der Waals surface area (Å²) in [6.07, 6.45) is 4.30. The van der Waals surface area contributed by atoms with Crippen LogP contribution < -0.4 is 5.73 Å². The summed E-state index contributed by atoms with van der Waals surface area (Å²) in [4.78, 5) is 0. The molecule has 0 saturated carbocycles. The maximum absolute atomic E-state index is 5.45. The predicted molar refractivity (Wildman–Crippen MR) is 60.6 cm³/mol. The molecule has 0 bridgehead atoms. The van der Waals surface area contributed by atoms with Crippen molar-refractivity contribution in [3.63, 3.8) is 0 Å². The van der Waals surface area contributed by atoms with Gasteiger partial charge in [0, 0.05) is 12.3 Å². The van der Waals surface area contributed by atoms with E-state index in [2.05, 4.69) is 24.0 Å². The number of aryl methyl sites for hydroxylation is 1. The molecule has 0 saturated heterocycles. The number of nitrogens with zero attached hydrogens (tertiary/aromatic N) is 2. The molecule has 1 heterocycles. The van der Waals surface area contributed by atoms with Gasteiger partial charge >= 0.3 is 0 Å². The summed E-state index contributed by atoms with van der Waals surface area (Å²) in [5, 5.41) is 10.8. The average Bonchev–Trinajstić information content (AvgIpc) is 2.65. The van der Waals surface area contributed by atoms with Gasteiger partial charge in [0.15, 0.2) is 0 Å². The molecule has 1 aromatic heterocycles. The minimum Gasteiger partial charge on any atom is -0.330 e. The smallest absolute Gasteiger partial charge is 0.120 e. The van der Waals surface area contributed by atoms with Crippen molar-refractivity contribution >= 4 is 11.3 Å². The van der Waals surface area contributed by atoms with Crippen molar-refractivity contribution in [1.29, 1.82) is 0 Å². The van der Waals surface area contributed by atoms with Crippen molar-refractivity contribution < 1.29 is 0 Å². The molecule has 0 spiro atoms. The highest BCUT2D eigenvalue weighted by molar-refractivity contribution is 7.11. The summed E-state index contributed by atoms with van der Waals surface area (Å²) in [5.74, 6) is 0.596. The Kier molecular flexibility index (Phi) is 5.04. The van der Waals surface area contributed by atoms with E-state index in [1.807, 2.05) is 0 Å². The summed E-state index contributed by atoms with van der Waals surface area (Å²) in [6, 6.07) is 0. The fourth-order valence-electron chi connectivity index (χ4n) is 1.42. The minimum atomic E-state index is 0.596. The van der Waals surface area contributed by atoms with Crippen LogP contribution >= 0.6 is 11.3 Å². The molecule has 0 radical (unpaired) electrons. The monoisotopic (exact) mass is 213 g/mol. The van der Waals surface area contributed by atoms with Crippen LogP contribution in [0.2, 0.25) is 0 Å². The first kappa shape index (κ1) is 11.6. The van der Waals surface area contributed by atoms with E-state index in [4.69, 9.17) is 5.73 Å². The largest absolute Gasteiger partial charge is 0.330 e. The molecule has 0 fully saturated rings. The molecule has 1 aromatic rings. The molecule has 2 N–H and O–H groups in total. The molecule has 0 amide bonds. The third kappa shape index (κ3) is 3.03. The zero-order valence-corrected chi connectivity index (χ0v) is 9.81. The Morgan fingerprint density at radius 3 is 2.57 bits per heavy atom. The van der Waals surface area contributed by atoms with Crippen molar-refractivity contribution in [1.82, 2.24) is 10.2 Å². The Hall–Kier alpha value is -0.480. The van der Waals surface area contributed by atoms with Crippen LogP contribution in [0.1, 0.15) is 49.0 Å². The normalized spacial score (nSPS) is 11.1. The standard InChI is InChI=1S/C10H19N3S/c1-3-8(4-2)10-13-12-9(14-10)6-5-7-11/h8H,3-7,11H2,1-2H3. The second-order valence-corrected chi connectivity index (χ2v) is 4.53. The van der Waals surface area contributed by atoms with Crippen molar-refractivity contribution in [3.8, 4) is 0 Å². The highest BCUT2D eigenvalue weighted by Gasteiger charge is 2.12. The first-order chi connectivity index (χ1) is 6.81. The third-order valence-electron chi connectivity index (χ3n) is 2.41. The van der Waals surface area contributed by atoms with Crippen LogP contribution in [0.5, 0.6) is 0 Å². The fourth-order valence-corrected chi connectivity index (χ4v) is 2.57. The van der Waals surface area contributed by atoms with Crippen LogP contribution in [0.3, 0.4) is 0 Å². The van der Waals surface area contributed by atoms with Crippen LogP contribution in [0, 0.1) is 0 Å². The molecule has 0 atom stereocenters. The van der Waals surface area contributed by atoms with Gasteiger partial charge in [-0.2, -0.15) is 0 Å². The highest BCUT2D eigenvalue weighted by Crippen LogP contribution is 2.26. The molecule has 3 nitrogen and oxygen atoms in total. The fraction of sp³-hybridized carbons (Fsp3) is 0.800. The topological polar surface area (TPSA) is 51.8 Å². The van der Waals surface area contributed by atoms with Crippen molar-refractivity contribution in [3.05, 3.63) is 10.0 Å². The zero-order chi connectivity index (χ0) is 10.4. The van der Waals surface area contributed by atoms with Gasteiger partial charge in [0.1, 0.15) is 10.0 Å². The molecule has 0 unspecified atom stereocenters. The molecule has 0 aliphatic carbocycles. The Morgan fingerprint density at radius 1 is 1.29 bits per heavy atom. The van der Waals surface area contributed by atoms with Gasteiger partial charge in [-0.05, 0) is 25.8 Å². The van der Waals surface area contributed by atoms with Gasteiger partial charge in [0.2, 0.25) is 0 Å². The molecule has 14 heavy (non-hydrogen) atoms. The van der Waals surface area contributed by atoms with E-state index in [0.717, 1.165) is 37.2 Å². The van der Waals surface area contributed by atoms with E-state index in [0.29, 0.717) is 5.92 Å². The average molecular weight is 213 g/mol. The first-order valence-corrected chi connectivity index (χ1v) is 6.15. The number of aromatic nitrogens is 2. The Balaban J connectivity index is 2.57. The van der Waals surface area contributed by atoms with Gasteiger partial charge in [0.25, 0.3) is 0 Å². The molecule has 1 rings (SSSR count). The number of hydrogen-bond donors (Lipinski definition) is 1. The molecule has 0 aromatic carbocycles. The van der Waals surface area contributed by atoms with Gasteiger partial charge in [0.05, 0.1) is 0 Å². The Morgan fingerprint density at radius 2 is 2.00 bits per heavy atom. The predicted octanol–water partition coefficient (Wildman–Crippen LogP) is 2.33. The summed E-state index contributed by atoms with van der Waals surface area (Å²) in [7, 11) is 0. The number of hydrogen-bond acceptors (Lipinski definition) is 4. The summed E-state index contributed by atoms with van der Waals surface area (Å²) < 4.78 is 0. The van der Waals surface area contributed by atoms with E-state index < -0.39 is 0 Å². The second-order valence-electron chi connectivity index (χ2n) is 3.44. The van der Waals surface area contributed by atoms with Crippen LogP contribution in [0.4, 0.5) is 0 Å². The van der Waals surface area contributed by atoms with E-state index in [1.54, 1.807) is 11.3 Å². The lowest BCUT2D eigenvalue weighted by Gasteiger charge is -2.05. The quantitative estimate of drug-likeness (QED) is 0.789. The van der Waals surface area contributed by atoms with E-state index in [1.165, 1.54) is 5.01 Å². The van der Waals surface area contributed by atoms with E-state index in [9.17, 15) is 0 Å². The second kappa shape index (κ2) is 6.09. The van der Waals surface area contributed by atoms with E-state index >= 15 is 0 Å². The van der Waals surface area contributed by atoms with Crippen LogP contribution in [-0.4, -0.2) is 16.7 Å². The van der Waals surface area contributed by atoms with Gasteiger partial charge in [-0.1, -0.05) is 13.8 Å². The SMILES string of the molecule is CCC(CC)c1nnc(CCCN)s1. The molecule has 0 aliphatic rings. The van der Waals surface area contributed by atoms with Crippen LogP contribution in [-0.2, 0) is 6.42 Å². The lowest BCUT2D eigenvalue weighted by Crippen LogP contribution is -1.99. The molecule has 4 heteroatoms. The Bertz CT molecular complexity index is 256. The highest BCUT2D eigenvalue weighted by atomic mass is 32.1.